The number of azo groups is 4. The van der Waals surface area contributed by atoms with Crippen molar-refractivity contribution < 1.29 is 9.39 Å². The maximum absolute atomic E-state index is 5.43. The van der Waals surface area contributed by atoms with E-state index in [4.69, 9.17) is 10.2 Å². The lowest BCUT2D eigenvalue weighted by Crippen LogP contribution is -2.58. The van der Waals surface area contributed by atoms with Crippen LogP contribution in [0.5, 0.6) is 0 Å². The summed E-state index contributed by atoms with van der Waals surface area (Å²) in [5.74, 6) is 0. The smallest absolute Gasteiger partial charge is 0.205 e. The molecule has 0 saturated heterocycles. The summed E-state index contributed by atoms with van der Waals surface area (Å²) in [6.45, 7) is 6.42. The van der Waals surface area contributed by atoms with Crippen LogP contribution in [-0.4, -0.2) is 14.5 Å². The van der Waals surface area contributed by atoms with Gasteiger partial charge in [-0.3, -0.25) is 0 Å². The summed E-state index contributed by atoms with van der Waals surface area (Å²) in [5.41, 5.74) is 9.48. The molecule has 1 spiro atoms. The van der Waals surface area contributed by atoms with E-state index in [0.29, 0.717) is 0 Å². The molecule has 1 atom stereocenters. The molecule has 40 heavy (non-hydrogen) atoms. The highest BCUT2D eigenvalue weighted by Gasteiger charge is 2.69. The molecule has 0 amide bonds. The molecule has 0 unspecified atom stereocenters. The molecule has 0 aromatic heterocycles. The zero-order valence-electron chi connectivity index (χ0n) is 22.7. The van der Waals surface area contributed by atoms with Crippen molar-refractivity contribution in [2.24, 2.45) is 10.2 Å². The highest BCUT2D eigenvalue weighted by atomic mass is 32.2. The molecule has 194 valence electrons. The normalized spacial score (nSPS) is 17.6. The minimum Gasteiger partial charge on any atom is -0.205 e. The minimum absolute atomic E-state index is 0.915. The summed E-state index contributed by atoms with van der Waals surface area (Å²) >= 11 is 1.78. The van der Waals surface area contributed by atoms with Gasteiger partial charge >= 0.3 is 5.12 Å². The van der Waals surface area contributed by atoms with Crippen molar-refractivity contribution >= 4 is 45.9 Å². The fourth-order valence-corrected chi connectivity index (χ4v) is 7.03. The van der Waals surface area contributed by atoms with Gasteiger partial charge in [0, 0.05) is 43.9 Å². The second kappa shape index (κ2) is 9.57. The van der Waals surface area contributed by atoms with Crippen LogP contribution in [-0.2, 0) is 0 Å². The molecule has 2 heterocycles. The molecule has 5 aromatic rings. The van der Waals surface area contributed by atoms with Gasteiger partial charge in [-0.1, -0.05) is 66.7 Å². The van der Waals surface area contributed by atoms with Gasteiger partial charge < -0.3 is 0 Å². The zero-order chi connectivity index (χ0) is 27.3. The van der Waals surface area contributed by atoms with E-state index in [1.165, 1.54) is 11.1 Å². The fraction of sp³-hybridized carbons (Fsp3) is 0.118. The van der Waals surface area contributed by atoms with Crippen molar-refractivity contribution in [1.82, 2.24) is 0 Å². The molecule has 6 heteroatoms. The Hall–Kier alpha value is -4.55. The predicted octanol–water partition coefficient (Wildman–Crippen LogP) is 10.0. The third kappa shape index (κ3) is 3.87. The van der Waals surface area contributed by atoms with Gasteiger partial charge in [-0.25, -0.2) is 4.90 Å². The Morgan fingerprint density at radius 1 is 0.600 bits per heavy atom. The van der Waals surface area contributed by atoms with E-state index in [1.54, 1.807) is 11.8 Å². The lowest BCUT2D eigenvalue weighted by molar-refractivity contribution is -0.781. The average molecular weight is 540 g/mol. The quantitative estimate of drug-likeness (QED) is 0.214. The van der Waals surface area contributed by atoms with Gasteiger partial charge in [0.25, 0.3) is 0 Å². The van der Waals surface area contributed by atoms with Crippen molar-refractivity contribution in [2.75, 3.05) is 4.90 Å². The highest BCUT2D eigenvalue weighted by Crippen LogP contribution is 2.58. The summed E-state index contributed by atoms with van der Waals surface area (Å²) in [6, 6.07) is 42.4. The van der Waals surface area contributed by atoms with Crippen molar-refractivity contribution in [3.8, 4) is 0 Å². The largest absolute Gasteiger partial charge is 0.556 e. The third-order valence-electron chi connectivity index (χ3n) is 7.28. The molecule has 0 saturated carbocycles. The molecule has 5 aromatic carbocycles. The first-order chi connectivity index (χ1) is 19.5. The maximum Gasteiger partial charge on any atom is 0.556 e. The summed E-state index contributed by atoms with van der Waals surface area (Å²) < 4.78 is 4.29. The minimum atomic E-state index is -0.931. The number of anilines is 2. The second-order valence-corrected chi connectivity index (χ2v) is 11.4. The van der Waals surface area contributed by atoms with Gasteiger partial charge in [0.05, 0.1) is 28.0 Å². The predicted molar refractivity (Wildman–Crippen MR) is 161 cm³/mol. The number of thioether (sulfide) groups is 1. The van der Waals surface area contributed by atoms with E-state index in [9.17, 15) is 0 Å². The molecule has 2 aliphatic rings. The lowest BCUT2D eigenvalue weighted by atomic mass is 10.1. The summed E-state index contributed by atoms with van der Waals surface area (Å²) in [6.07, 6.45) is 0. The number of nitrogens with zero attached hydrogens (tertiary/aromatic N) is 5. The van der Waals surface area contributed by atoms with Crippen LogP contribution in [0.3, 0.4) is 0 Å². The highest BCUT2D eigenvalue weighted by molar-refractivity contribution is 8.00. The molecule has 0 bridgehead atoms. The van der Waals surface area contributed by atoms with Crippen molar-refractivity contribution in [1.29, 1.82) is 0 Å². The summed E-state index contributed by atoms with van der Waals surface area (Å²) in [5, 5.41) is 9.89. The SMILES string of the molecule is Cc1ccc2c(c1)N=[N+](c1ccccc1)[C@@]1(Sc3c(C)cc(C)cc3N=[N+]1c1ccccc1)N2c1ccccc1. The molecule has 7 rings (SSSR count). The van der Waals surface area contributed by atoms with Crippen LogP contribution >= 0.6 is 11.8 Å². The maximum atomic E-state index is 5.43. The Kier molecular flexibility index (Phi) is 5.86. The van der Waals surface area contributed by atoms with Gasteiger partial charge in [-0.15, -0.1) is 0 Å². The third-order valence-corrected chi connectivity index (χ3v) is 8.82. The first-order valence-electron chi connectivity index (χ1n) is 13.4. The van der Waals surface area contributed by atoms with Crippen LogP contribution in [0.2, 0.25) is 0 Å². The van der Waals surface area contributed by atoms with Crippen LogP contribution < -0.4 is 4.90 Å². The number of aryl methyl sites for hydroxylation is 3. The average Bonchev–Trinajstić information content (AvgIpc) is 2.98. The molecule has 2 aliphatic heterocycles. The number of para-hydroxylation sites is 3. The Morgan fingerprint density at radius 3 is 1.77 bits per heavy atom. The van der Waals surface area contributed by atoms with E-state index in [2.05, 4.69) is 144 Å². The second-order valence-electron chi connectivity index (χ2n) is 10.3. The molecule has 5 nitrogen and oxygen atoms in total. The Balaban J connectivity index is 1.65. The zero-order valence-corrected chi connectivity index (χ0v) is 23.5. The van der Waals surface area contributed by atoms with Crippen LogP contribution in [0.15, 0.2) is 136 Å². The first-order valence-corrected chi connectivity index (χ1v) is 14.3. The Labute approximate surface area is 238 Å². The van der Waals surface area contributed by atoms with Crippen LogP contribution in [0, 0.1) is 20.8 Å². The van der Waals surface area contributed by atoms with Crippen molar-refractivity contribution in [2.45, 2.75) is 30.8 Å². The monoisotopic (exact) mass is 539 g/mol. The molecular formula is C34H29N5S+2. The van der Waals surface area contributed by atoms with E-state index < -0.39 is 5.12 Å². The topological polar surface area (TPSA) is 34.0 Å². The van der Waals surface area contributed by atoms with Crippen molar-refractivity contribution in [3.63, 3.8) is 0 Å². The van der Waals surface area contributed by atoms with Crippen LogP contribution in [0.4, 0.5) is 34.1 Å². The van der Waals surface area contributed by atoms with Crippen molar-refractivity contribution in [3.05, 3.63) is 138 Å². The van der Waals surface area contributed by atoms with Gasteiger partial charge in [-0.2, -0.15) is 0 Å². The first kappa shape index (κ1) is 24.5. The van der Waals surface area contributed by atoms with E-state index in [1.807, 2.05) is 12.1 Å². The summed E-state index contributed by atoms with van der Waals surface area (Å²) in [4.78, 5) is 3.54. The molecule has 0 aliphatic carbocycles. The van der Waals surface area contributed by atoms with Crippen LogP contribution in [0.1, 0.15) is 16.7 Å². The molecule has 0 fully saturated rings. The van der Waals surface area contributed by atoms with E-state index >= 15 is 0 Å². The molecule has 0 radical (unpaired) electrons. The van der Waals surface area contributed by atoms with E-state index in [0.717, 1.165) is 44.6 Å². The Bertz CT molecular complexity index is 1800. The standard InChI is InChI=1S/C34H29N5S/c1-24-19-20-32-30(22-24)35-38(28-15-9-5-10-16-28)34(37(32)27-13-7-4-8-14-27)39(29-17-11-6-12-18-29)36-31-23-25(2)21-26(3)33(31)40-34/h4-23H,1-3H3/q+2/t34-/m0/s1. The number of hydrogen-bond donors (Lipinski definition) is 0. The lowest BCUT2D eigenvalue weighted by Gasteiger charge is -2.38. The fourth-order valence-electron chi connectivity index (χ4n) is 5.57. The Morgan fingerprint density at radius 2 is 1.15 bits per heavy atom. The number of benzene rings is 5. The van der Waals surface area contributed by atoms with Gasteiger partial charge in [0.1, 0.15) is 5.69 Å². The summed E-state index contributed by atoms with van der Waals surface area (Å²) in [7, 11) is 0. The number of rotatable bonds is 3. The van der Waals surface area contributed by atoms with E-state index in [-0.39, 0.29) is 0 Å². The van der Waals surface area contributed by atoms with Crippen LogP contribution in [0.25, 0.3) is 0 Å². The molecular weight excluding hydrogens is 510 g/mol. The number of hydrogen-bond acceptors (Lipinski definition) is 4. The number of fused-ring (bicyclic) bond motifs is 2. The molecule has 0 N–H and O–H groups in total. The van der Waals surface area contributed by atoms with Gasteiger partial charge in [0.2, 0.25) is 11.4 Å². The van der Waals surface area contributed by atoms with Gasteiger partial charge in [-0.05, 0) is 67.8 Å². The van der Waals surface area contributed by atoms with Gasteiger partial charge in [0.15, 0.2) is 5.69 Å².